The van der Waals surface area contributed by atoms with Gasteiger partial charge in [0.15, 0.2) is 5.65 Å². The van der Waals surface area contributed by atoms with Crippen LogP contribution in [-0.4, -0.2) is 31.8 Å². The normalized spacial score (nSPS) is 11.2. The topological polar surface area (TPSA) is 78.3 Å². The Kier molecular flexibility index (Phi) is 3.32. The molecule has 0 aliphatic rings. The van der Waals surface area contributed by atoms with E-state index in [1.165, 1.54) is 0 Å². The SMILES string of the molecule is COCc1nc(-c2cccc(-c3cn4ncccc4n3)c2)no1. The van der Waals surface area contributed by atoms with Crippen LogP contribution in [0, 0.1) is 0 Å². The maximum atomic E-state index is 5.14. The minimum Gasteiger partial charge on any atom is -0.375 e. The van der Waals surface area contributed by atoms with Crippen LogP contribution in [0.2, 0.25) is 0 Å². The number of aromatic nitrogens is 5. The van der Waals surface area contributed by atoms with Crippen molar-refractivity contribution in [2.45, 2.75) is 6.61 Å². The molecule has 3 heterocycles. The molecule has 114 valence electrons. The molecule has 0 amide bonds. The highest BCUT2D eigenvalue weighted by Crippen LogP contribution is 2.24. The number of rotatable bonds is 4. The molecule has 4 aromatic rings. The van der Waals surface area contributed by atoms with Crippen LogP contribution in [0.5, 0.6) is 0 Å². The molecule has 0 atom stereocenters. The van der Waals surface area contributed by atoms with Crippen LogP contribution in [0.4, 0.5) is 0 Å². The lowest BCUT2D eigenvalue weighted by atomic mass is 10.1. The third kappa shape index (κ3) is 2.58. The van der Waals surface area contributed by atoms with Crippen molar-refractivity contribution >= 4 is 5.65 Å². The number of fused-ring (bicyclic) bond motifs is 1. The summed E-state index contributed by atoms with van der Waals surface area (Å²) in [5, 5.41) is 8.21. The number of nitrogens with zero attached hydrogens (tertiary/aromatic N) is 5. The predicted molar refractivity (Wildman–Crippen MR) is 82.4 cm³/mol. The van der Waals surface area contributed by atoms with Gasteiger partial charge >= 0.3 is 0 Å². The van der Waals surface area contributed by atoms with E-state index in [9.17, 15) is 0 Å². The van der Waals surface area contributed by atoms with Gasteiger partial charge in [-0.15, -0.1) is 0 Å². The van der Waals surface area contributed by atoms with Gasteiger partial charge in [0.2, 0.25) is 5.82 Å². The first-order chi connectivity index (χ1) is 11.3. The molecule has 23 heavy (non-hydrogen) atoms. The van der Waals surface area contributed by atoms with E-state index in [0.717, 1.165) is 22.5 Å². The lowest BCUT2D eigenvalue weighted by Crippen LogP contribution is -1.87. The molecule has 7 nitrogen and oxygen atoms in total. The van der Waals surface area contributed by atoms with Gasteiger partial charge in [0, 0.05) is 24.4 Å². The Hall–Kier alpha value is -3.06. The standard InChI is InChI=1S/C16H13N5O2/c1-22-10-15-19-16(20-23-15)12-5-2-4-11(8-12)13-9-21-14(18-13)6-3-7-17-21/h2-9H,10H2,1H3. The number of hydrogen-bond acceptors (Lipinski definition) is 6. The van der Waals surface area contributed by atoms with Crippen molar-refractivity contribution < 1.29 is 9.26 Å². The Morgan fingerprint density at radius 3 is 2.91 bits per heavy atom. The summed E-state index contributed by atoms with van der Waals surface area (Å²) >= 11 is 0. The van der Waals surface area contributed by atoms with Crippen LogP contribution in [-0.2, 0) is 11.3 Å². The van der Waals surface area contributed by atoms with Gasteiger partial charge in [0.1, 0.15) is 6.61 Å². The predicted octanol–water partition coefficient (Wildman–Crippen LogP) is 2.59. The molecular formula is C16H13N5O2. The molecule has 0 unspecified atom stereocenters. The van der Waals surface area contributed by atoms with Gasteiger partial charge in [0.05, 0.1) is 11.9 Å². The monoisotopic (exact) mass is 307 g/mol. The highest BCUT2D eigenvalue weighted by atomic mass is 16.5. The summed E-state index contributed by atoms with van der Waals surface area (Å²) in [4.78, 5) is 8.88. The number of methoxy groups -OCH3 is 1. The fourth-order valence-electron chi connectivity index (χ4n) is 2.34. The molecular weight excluding hydrogens is 294 g/mol. The average Bonchev–Trinajstić information content (AvgIpc) is 3.22. The Balaban J connectivity index is 1.72. The zero-order chi connectivity index (χ0) is 15.6. The average molecular weight is 307 g/mol. The minimum atomic E-state index is 0.296. The van der Waals surface area contributed by atoms with Crippen LogP contribution in [0.3, 0.4) is 0 Å². The molecule has 0 aliphatic heterocycles. The molecule has 0 N–H and O–H groups in total. The third-order valence-corrected chi connectivity index (χ3v) is 3.39. The van der Waals surface area contributed by atoms with Crippen LogP contribution in [0.15, 0.2) is 53.3 Å². The second kappa shape index (κ2) is 5.62. The fourth-order valence-corrected chi connectivity index (χ4v) is 2.34. The van der Waals surface area contributed by atoms with E-state index < -0.39 is 0 Å². The van der Waals surface area contributed by atoms with Gasteiger partial charge in [-0.25, -0.2) is 9.50 Å². The molecule has 0 aliphatic carbocycles. The third-order valence-electron chi connectivity index (χ3n) is 3.39. The van der Waals surface area contributed by atoms with E-state index in [1.807, 2.05) is 42.6 Å². The van der Waals surface area contributed by atoms with Gasteiger partial charge in [-0.2, -0.15) is 10.1 Å². The van der Waals surface area contributed by atoms with E-state index in [1.54, 1.807) is 17.8 Å². The van der Waals surface area contributed by atoms with Gasteiger partial charge in [-0.1, -0.05) is 23.4 Å². The van der Waals surface area contributed by atoms with Gasteiger partial charge in [-0.3, -0.25) is 0 Å². The molecule has 0 saturated heterocycles. The molecule has 0 fully saturated rings. The Morgan fingerprint density at radius 1 is 1.13 bits per heavy atom. The highest BCUT2D eigenvalue weighted by molar-refractivity contribution is 5.69. The number of ether oxygens (including phenoxy) is 1. The fraction of sp³-hybridized carbons (Fsp3) is 0.125. The van der Waals surface area contributed by atoms with Crippen molar-refractivity contribution in [2.24, 2.45) is 0 Å². The molecule has 0 saturated carbocycles. The maximum Gasteiger partial charge on any atom is 0.252 e. The van der Waals surface area contributed by atoms with Crippen LogP contribution >= 0.6 is 0 Å². The van der Waals surface area contributed by atoms with Crippen LogP contribution in [0.1, 0.15) is 5.89 Å². The maximum absolute atomic E-state index is 5.14. The summed E-state index contributed by atoms with van der Waals surface area (Å²) < 4.78 is 11.9. The Bertz CT molecular complexity index is 927. The zero-order valence-corrected chi connectivity index (χ0v) is 12.4. The summed E-state index contributed by atoms with van der Waals surface area (Å²) in [5.74, 6) is 0.977. The van der Waals surface area contributed by atoms with Crippen LogP contribution in [0.25, 0.3) is 28.3 Å². The van der Waals surface area contributed by atoms with Gasteiger partial charge < -0.3 is 9.26 Å². The highest BCUT2D eigenvalue weighted by Gasteiger charge is 2.11. The van der Waals surface area contributed by atoms with E-state index in [-0.39, 0.29) is 0 Å². The van der Waals surface area contributed by atoms with Gasteiger partial charge in [0.25, 0.3) is 5.89 Å². The summed E-state index contributed by atoms with van der Waals surface area (Å²) in [6.07, 6.45) is 3.62. The van der Waals surface area contributed by atoms with E-state index in [2.05, 4.69) is 20.2 Å². The molecule has 3 aromatic heterocycles. The number of benzene rings is 1. The van der Waals surface area contributed by atoms with Crippen molar-refractivity contribution in [3.63, 3.8) is 0 Å². The summed E-state index contributed by atoms with van der Waals surface area (Å²) in [5.41, 5.74) is 3.46. The quantitative estimate of drug-likeness (QED) is 0.576. The first-order valence-corrected chi connectivity index (χ1v) is 7.06. The molecule has 0 radical (unpaired) electrons. The van der Waals surface area contributed by atoms with Crippen molar-refractivity contribution in [1.82, 2.24) is 24.7 Å². The Morgan fingerprint density at radius 2 is 2.04 bits per heavy atom. The van der Waals surface area contributed by atoms with Crippen molar-refractivity contribution in [3.05, 3.63) is 54.7 Å². The molecule has 0 spiro atoms. The van der Waals surface area contributed by atoms with Crippen molar-refractivity contribution in [3.8, 4) is 22.6 Å². The lowest BCUT2D eigenvalue weighted by Gasteiger charge is -1.98. The van der Waals surface area contributed by atoms with Crippen molar-refractivity contribution in [1.29, 1.82) is 0 Å². The molecule has 0 bridgehead atoms. The van der Waals surface area contributed by atoms with Crippen LogP contribution < -0.4 is 0 Å². The van der Waals surface area contributed by atoms with E-state index in [0.29, 0.717) is 18.3 Å². The summed E-state index contributed by atoms with van der Waals surface area (Å²) in [6.45, 7) is 0.296. The molecule has 1 aromatic carbocycles. The largest absolute Gasteiger partial charge is 0.375 e. The first kappa shape index (κ1) is 13.6. The molecule has 4 rings (SSSR count). The smallest absolute Gasteiger partial charge is 0.252 e. The van der Waals surface area contributed by atoms with E-state index >= 15 is 0 Å². The minimum absolute atomic E-state index is 0.296. The summed E-state index contributed by atoms with van der Waals surface area (Å²) in [7, 11) is 1.59. The zero-order valence-electron chi connectivity index (χ0n) is 12.4. The van der Waals surface area contributed by atoms with Crippen molar-refractivity contribution in [2.75, 3.05) is 7.11 Å². The number of imidazole rings is 1. The van der Waals surface area contributed by atoms with Gasteiger partial charge in [-0.05, 0) is 18.2 Å². The second-order valence-electron chi connectivity index (χ2n) is 4.98. The van der Waals surface area contributed by atoms with E-state index in [4.69, 9.17) is 9.26 Å². The lowest BCUT2D eigenvalue weighted by molar-refractivity contribution is 0.151. The summed E-state index contributed by atoms with van der Waals surface area (Å²) in [6, 6.07) is 11.6. The Labute approximate surface area is 131 Å². The number of hydrogen-bond donors (Lipinski definition) is 0. The molecule has 7 heteroatoms. The first-order valence-electron chi connectivity index (χ1n) is 7.06. The second-order valence-corrected chi connectivity index (χ2v) is 4.98.